The molecule has 1 saturated carbocycles. The number of hydrogen-bond donors (Lipinski definition) is 0. The number of unbranched alkanes of at least 4 members (excludes halogenated alkanes) is 7. The van der Waals surface area contributed by atoms with Crippen molar-refractivity contribution in [3.63, 3.8) is 0 Å². The first kappa shape index (κ1) is 22.3. The Morgan fingerprint density at radius 3 is 2.15 bits per heavy atom. The van der Waals surface area contributed by atoms with Gasteiger partial charge in [0.05, 0.1) is 6.61 Å². The zero-order valence-corrected chi connectivity index (χ0v) is 18.5. The highest BCUT2D eigenvalue weighted by molar-refractivity contribution is 5.39. The van der Waals surface area contributed by atoms with Crippen molar-refractivity contribution < 1.29 is 4.74 Å². The van der Waals surface area contributed by atoms with Crippen molar-refractivity contribution in [2.45, 2.75) is 122 Å². The minimum Gasteiger partial charge on any atom is -0.493 e. The molecule has 0 atom stereocenters. The lowest BCUT2D eigenvalue weighted by molar-refractivity contribution is 0.264. The van der Waals surface area contributed by atoms with E-state index in [0.717, 1.165) is 18.8 Å². The van der Waals surface area contributed by atoms with Crippen molar-refractivity contribution in [3.05, 3.63) is 29.3 Å². The molecule has 0 bridgehead atoms. The summed E-state index contributed by atoms with van der Waals surface area (Å²) in [5.41, 5.74) is 3.36. The van der Waals surface area contributed by atoms with Crippen LogP contribution in [-0.4, -0.2) is 6.61 Å². The second-order valence-corrected chi connectivity index (χ2v) is 8.89. The molecule has 0 N–H and O–H groups in total. The SMILES string of the molecule is CCCCCCCCCC1(c2ccc(OCCCC)c(C)c2)CCCCC1. The molecule has 1 aromatic rings. The highest BCUT2D eigenvalue weighted by Crippen LogP contribution is 2.44. The first-order valence-corrected chi connectivity index (χ1v) is 12.0. The number of aryl methyl sites for hydroxylation is 1. The maximum atomic E-state index is 6.00. The Labute approximate surface area is 169 Å². The quantitative estimate of drug-likeness (QED) is 0.315. The van der Waals surface area contributed by atoms with E-state index < -0.39 is 0 Å². The van der Waals surface area contributed by atoms with Gasteiger partial charge in [-0.3, -0.25) is 0 Å². The Hall–Kier alpha value is -0.980. The van der Waals surface area contributed by atoms with Crippen LogP contribution in [0.2, 0.25) is 0 Å². The van der Waals surface area contributed by atoms with Gasteiger partial charge in [-0.05, 0) is 55.2 Å². The predicted octanol–water partition coefficient (Wildman–Crippen LogP) is 8.52. The van der Waals surface area contributed by atoms with Crippen molar-refractivity contribution in [1.82, 2.24) is 0 Å². The van der Waals surface area contributed by atoms with Gasteiger partial charge in [-0.25, -0.2) is 0 Å². The summed E-state index contributed by atoms with van der Waals surface area (Å²) in [6.45, 7) is 7.60. The van der Waals surface area contributed by atoms with Gasteiger partial charge in [0.2, 0.25) is 0 Å². The summed E-state index contributed by atoms with van der Waals surface area (Å²) in [5.74, 6) is 1.09. The molecule has 0 heterocycles. The molecule has 1 fully saturated rings. The van der Waals surface area contributed by atoms with Crippen molar-refractivity contribution in [2.75, 3.05) is 6.61 Å². The molecule has 27 heavy (non-hydrogen) atoms. The average molecular weight is 373 g/mol. The summed E-state index contributed by atoms with van der Waals surface area (Å²) < 4.78 is 6.00. The molecular formula is C26H44O. The van der Waals surface area contributed by atoms with Crippen LogP contribution in [0.4, 0.5) is 0 Å². The molecule has 154 valence electrons. The average Bonchev–Trinajstić information content (AvgIpc) is 2.69. The van der Waals surface area contributed by atoms with Crippen molar-refractivity contribution >= 4 is 0 Å². The number of rotatable bonds is 13. The lowest BCUT2D eigenvalue weighted by Crippen LogP contribution is -2.29. The Balaban J connectivity index is 1.95. The topological polar surface area (TPSA) is 9.23 Å². The Morgan fingerprint density at radius 1 is 0.815 bits per heavy atom. The van der Waals surface area contributed by atoms with Crippen molar-refractivity contribution in [2.24, 2.45) is 0 Å². The Kier molecular flexibility index (Phi) is 10.3. The minimum absolute atomic E-state index is 0.439. The maximum absolute atomic E-state index is 6.00. The van der Waals surface area contributed by atoms with Gasteiger partial charge in [0.15, 0.2) is 0 Å². The largest absolute Gasteiger partial charge is 0.493 e. The standard InChI is InChI=1S/C26H44O/c1-4-6-8-9-10-11-13-18-26(19-14-12-15-20-26)24-16-17-25(23(3)22-24)27-21-7-5-2/h16-17,22H,4-15,18-21H2,1-3H3. The van der Waals surface area contributed by atoms with Crippen LogP contribution in [0.3, 0.4) is 0 Å². The molecule has 1 nitrogen and oxygen atoms in total. The molecule has 0 unspecified atom stereocenters. The van der Waals surface area contributed by atoms with Gasteiger partial charge in [0.25, 0.3) is 0 Å². The molecule has 1 heteroatoms. The fraction of sp³-hybridized carbons (Fsp3) is 0.769. The third-order valence-electron chi connectivity index (χ3n) is 6.61. The maximum Gasteiger partial charge on any atom is 0.122 e. The fourth-order valence-corrected chi connectivity index (χ4v) is 4.80. The number of benzene rings is 1. The van der Waals surface area contributed by atoms with Gasteiger partial charge in [-0.2, -0.15) is 0 Å². The van der Waals surface area contributed by atoms with Crippen LogP contribution >= 0.6 is 0 Å². The Morgan fingerprint density at radius 2 is 1.48 bits per heavy atom. The van der Waals surface area contributed by atoms with Gasteiger partial charge in [0, 0.05) is 0 Å². The van der Waals surface area contributed by atoms with Crippen LogP contribution in [0.1, 0.15) is 121 Å². The minimum atomic E-state index is 0.439. The van der Waals surface area contributed by atoms with Crippen molar-refractivity contribution in [3.8, 4) is 5.75 Å². The smallest absolute Gasteiger partial charge is 0.122 e. The molecule has 0 spiro atoms. The number of ether oxygens (including phenoxy) is 1. The molecule has 0 amide bonds. The first-order chi connectivity index (χ1) is 13.2. The monoisotopic (exact) mass is 372 g/mol. The first-order valence-electron chi connectivity index (χ1n) is 12.0. The molecule has 1 aliphatic carbocycles. The fourth-order valence-electron chi connectivity index (χ4n) is 4.80. The summed E-state index contributed by atoms with van der Waals surface area (Å²) in [6.07, 6.45) is 20.6. The lowest BCUT2D eigenvalue weighted by Gasteiger charge is -2.38. The summed E-state index contributed by atoms with van der Waals surface area (Å²) >= 11 is 0. The van der Waals surface area contributed by atoms with E-state index in [1.807, 2.05) is 0 Å². The van der Waals surface area contributed by atoms with Crippen LogP contribution in [0.25, 0.3) is 0 Å². The highest BCUT2D eigenvalue weighted by Gasteiger charge is 2.33. The van der Waals surface area contributed by atoms with E-state index in [1.165, 1.54) is 95.5 Å². The zero-order chi connectivity index (χ0) is 19.4. The van der Waals surface area contributed by atoms with Crippen LogP contribution in [0.5, 0.6) is 5.75 Å². The van der Waals surface area contributed by atoms with Gasteiger partial charge in [0.1, 0.15) is 5.75 Å². The van der Waals surface area contributed by atoms with Crippen LogP contribution < -0.4 is 4.74 Å². The van der Waals surface area contributed by atoms with E-state index >= 15 is 0 Å². The van der Waals surface area contributed by atoms with Crippen LogP contribution in [-0.2, 0) is 5.41 Å². The molecule has 2 rings (SSSR count). The number of hydrogen-bond acceptors (Lipinski definition) is 1. The van der Waals surface area contributed by atoms with Crippen LogP contribution in [0.15, 0.2) is 18.2 Å². The molecule has 0 radical (unpaired) electrons. The molecule has 1 aliphatic rings. The second-order valence-electron chi connectivity index (χ2n) is 8.89. The molecular weight excluding hydrogens is 328 g/mol. The summed E-state index contributed by atoms with van der Waals surface area (Å²) in [7, 11) is 0. The van der Waals surface area contributed by atoms with Crippen LogP contribution in [0, 0.1) is 6.92 Å². The third-order valence-corrected chi connectivity index (χ3v) is 6.61. The van der Waals surface area contributed by atoms with Gasteiger partial charge in [-0.15, -0.1) is 0 Å². The molecule has 0 saturated heterocycles. The molecule has 0 aromatic heterocycles. The summed E-state index contributed by atoms with van der Waals surface area (Å²) in [5, 5.41) is 0. The van der Waals surface area contributed by atoms with E-state index in [0.29, 0.717) is 5.41 Å². The van der Waals surface area contributed by atoms with Gasteiger partial charge >= 0.3 is 0 Å². The van der Waals surface area contributed by atoms with E-state index in [9.17, 15) is 0 Å². The predicted molar refractivity (Wildman–Crippen MR) is 119 cm³/mol. The summed E-state index contributed by atoms with van der Waals surface area (Å²) in [4.78, 5) is 0. The van der Waals surface area contributed by atoms with Gasteiger partial charge < -0.3 is 4.74 Å². The van der Waals surface area contributed by atoms with E-state index in [4.69, 9.17) is 4.74 Å². The zero-order valence-electron chi connectivity index (χ0n) is 18.5. The van der Waals surface area contributed by atoms with E-state index in [2.05, 4.69) is 39.0 Å². The normalized spacial score (nSPS) is 16.4. The highest BCUT2D eigenvalue weighted by atomic mass is 16.5. The van der Waals surface area contributed by atoms with Gasteiger partial charge in [-0.1, -0.05) is 96.6 Å². The van der Waals surface area contributed by atoms with E-state index in [1.54, 1.807) is 5.56 Å². The second kappa shape index (κ2) is 12.5. The molecule has 0 aliphatic heterocycles. The lowest BCUT2D eigenvalue weighted by atomic mass is 9.66. The van der Waals surface area contributed by atoms with Crippen molar-refractivity contribution in [1.29, 1.82) is 0 Å². The summed E-state index contributed by atoms with van der Waals surface area (Å²) in [6, 6.07) is 7.09. The van der Waals surface area contributed by atoms with E-state index in [-0.39, 0.29) is 0 Å². The Bertz CT molecular complexity index is 513. The third kappa shape index (κ3) is 7.16. The molecule has 1 aromatic carbocycles.